The highest BCUT2D eigenvalue weighted by molar-refractivity contribution is 7.92. The number of esters is 1. The zero-order chi connectivity index (χ0) is 18.8. The SMILES string of the molecule is CCOC(=O)c1[nH]c(C)c(S(=O)(=O)Nc2ccc(C(C)C)cc2)c1C. The van der Waals surface area contributed by atoms with E-state index in [1.807, 2.05) is 12.1 Å². The second kappa shape index (κ2) is 7.31. The molecule has 2 aromatic rings. The molecule has 25 heavy (non-hydrogen) atoms. The number of carbonyl (C=O) groups is 1. The van der Waals surface area contributed by atoms with Gasteiger partial charge in [-0.1, -0.05) is 26.0 Å². The molecule has 7 heteroatoms. The third-order valence-electron chi connectivity index (χ3n) is 3.95. The number of carbonyl (C=O) groups excluding carboxylic acids is 1. The number of anilines is 1. The quantitative estimate of drug-likeness (QED) is 0.765. The number of H-pyrrole nitrogens is 1. The molecule has 0 aliphatic rings. The van der Waals surface area contributed by atoms with Gasteiger partial charge in [0.05, 0.1) is 6.61 Å². The minimum absolute atomic E-state index is 0.0727. The maximum absolute atomic E-state index is 12.8. The Kier molecular flexibility index (Phi) is 5.57. The lowest BCUT2D eigenvalue weighted by Gasteiger charge is -2.11. The van der Waals surface area contributed by atoms with E-state index < -0.39 is 16.0 Å². The average molecular weight is 364 g/mol. The van der Waals surface area contributed by atoms with Gasteiger partial charge in [-0.3, -0.25) is 4.72 Å². The van der Waals surface area contributed by atoms with Crippen molar-refractivity contribution in [3.05, 3.63) is 46.8 Å². The number of aromatic amines is 1. The molecule has 0 aliphatic heterocycles. The molecule has 0 aliphatic carbocycles. The lowest BCUT2D eigenvalue weighted by atomic mass is 10.0. The van der Waals surface area contributed by atoms with E-state index in [9.17, 15) is 13.2 Å². The summed E-state index contributed by atoms with van der Waals surface area (Å²) in [6.45, 7) is 9.27. The van der Waals surface area contributed by atoms with Gasteiger partial charge < -0.3 is 9.72 Å². The van der Waals surface area contributed by atoms with Gasteiger partial charge in [-0.25, -0.2) is 13.2 Å². The number of aromatic nitrogens is 1. The zero-order valence-electron chi connectivity index (χ0n) is 15.1. The normalized spacial score (nSPS) is 11.6. The second-order valence-electron chi connectivity index (χ2n) is 6.18. The number of nitrogens with one attached hydrogen (secondary N) is 2. The predicted octanol–water partition coefficient (Wildman–Crippen LogP) is 3.73. The number of rotatable bonds is 6. The highest BCUT2D eigenvalue weighted by Gasteiger charge is 2.27. The number of ether oxygens (including phenoxy) is 1. The van der Waals surface area contributed by atoms with E-state index in [0.717, 1.165) is 5.56 Å². The highest BCUT2D eigenvalue weighted by Crippen LogP contribution is 2.26. The Bertz CT molecular complexity index is 865. The minimum Gasteiger partial charge on any atom is -0.461 e. The Labute approximate surface area is 148 Å². The molecular formula is C18H24N2O4S. The van der Waals surface area contributed by atoms with Gasteiger partial charge in [-0.2, -0.15) is 0 Å². The number of hydrogen-bond acceptors (Lipinski definition) is 4. The van der Waals surface area contributed by atoms with Crippen LogP contribution in [0, 0.1) is 13.8 Å². The first-order chi connectivity index (χ1) is 11.7. The first-order valence-electron chi connectivity index (χ1n) is 8.16. The van der Waals surface area contributed by atoms with Gasteiger partial charge in [0.15, 0.2) is 0 Å². The summed E-state index contributed by atoms with van der Waals surface area (Å²) in [5.74, 6) is -0.196. The highest BCUT2D eigenvalue weighted by atomic mass is 32.2. The van der Waals surface area contributed by atoms with E-state index in [4.69, 9.17) is 4.74 Å². The van der Waals surface area contributed by atoms with E-state index in [1.54, 1.807) is 32.9 Å². The molecule has 0 radical (unpaired) electrons. The van der Waals surface area contributed by atoms with Crippen LogP contribution in [0.5, 0.6) is 0 Å². The summed E-state index contributed by atoms with van der Waals surface area (Å²) < 4.78 is 33.1. The fourth-order valence-corrected chi connectivity index (χ4v) is 4.19. The molecular weight excluding hydrogens is 340 g/mol. The summed E-state index contributed by atoms with van der Waals surface area (Å²) in [5.41, 5.74) is 2.51. The van der Waals surface area contributed by atoms with E-state index >= 15 is 0 Å². The van der Waals surface area contributed by atoms with Crippen LogP contribution in [0.15, 0.2) is 29.2 Å². The molecule has 0 fully saturated rings. The van der Waals surface area contributed by atoms with E-state index in [1.165, 1.54) is 0 Å². The van der Waals surface area contributed by atoms with Crippen LogP contribution in [-0.2, 0) is 14.8 Å². The van der Waals surface area contributed by atoms with E-state index in [2.05, 4.69) is 23.6 Å². The maximum atomic E-state index is 12.8. The summed E-state index contributed by atoms with van der Waals surface area (Å²) in [6.07, 6.45) is 0. The van der Waals surface area contributed by atoms with Crippen molar-refractivity contribution in [2.75, 3.05) is 11.3 Å². The monoisotopic (exact) mass is 364 g/mol. The number of sulfonamides is 1. The molecule has 1 aromatic carbocycles. The fraction of sp³-hybridized carbons (Fsp3) is 0.389. The van der Waals surface area contributed by atoms with Gasteiger partial charge in [0.25, 0.3) is 10.0 Å². The Balaban J connectivity index is 2.35. The molecule has 1 aromatic heterocycles. The summed E-state index contributed by atoms with van der Waals surface area (Å²) >= 11 is 0. The number of aryl methyl sites for hydroxylation is 1. The van der Waals surface area contributed by atoms with Gasteiger partial charge in [0.1, 0.15) is 10.6 Å². The number of benzene rings is 1. The Hall–Kier alpha value is -2.28. The van der Waals surface area contributed by atoms with Crippen LogP contribution < -0.4 is 4.72 Å². The van der Waals surface area contributed by atoms with Crippen LogP contribution in [0.25, 0.3) is 0 Å². The third-order valence-corrected chi connectivity index (χ3v) is 5.60. The minimum atomic E-state index is -3.82. The molecule has 0 saturated carbocycles. The third kappa shape index (κ3) is 4.04. The van der Waals surface area contributed by atoms with Crippen LogP contribution in [0.4, 0.5) is 5.69 Å². The molecule has 0 spiro atoms. The first kappa shape index (κ1) is 19.1. The summed E-state index contributed by atoms with van der Waals surface area (Å²) in [7, 11) is -3.82. The van der Waals surface area contributed by atoms with Crippen LogP contribution in [0.3, 0.4) is 0 Å². The van der Waals surface area contributed by atoms with Crippen LogP contribution in [0.1, 0.15) is 54.0 Å². The van der Waals surface area contributed by atoms with Crippen molar-refractivity contribution < 1.29 is 17.9 Å². The molecule has 2 rings (SSSR count). The Morgan fingerprint density at radius 1 is 1.20 bits per heavy atom. The van der Waals surface area contributed by atoms with Crippen LogP contribution in [-0.4, -0.2) is 26.0 Å². The molecule has 0 saturated heterocycles. The van der Waals surface area contributed by atoms with Crippen molar-refractivity contribution in [1.82, 2.24) is 4.98 Å². The maximum Gasteiger partial charge on any atom is 0.355 e. The van der Waals surface area contributed by atoms with Gasteiger partial charge >= 0.3 is 5.97 Å². The first-order valence-corrected chi connectivity index (χ1v) is 9.64. The molecule has 0 unspecified atom stereocenters. The lowest BCUT2D eigenvalue weighted by molar-refractivity contribution is 0.0519. The Morgan fingerprint density at radius 2 is 1.80 bits per heavy atom. The zero-order valence-corrected chi connectivity index (χ0v) is 16.0. The van der Waals surface area contributed by atoms with Crippen LogP contribution in [0.2, 0.25) is 0 Å². The van der Waals surface area contributed by atoms with Gasteiger partial charge in [0, 0.05) is 16.9 Å². The molecule has 0 atom stereocenters. The molecule has 0 bridgehead atoms. The van der Waals surface area contributed by atoms with E-state index in [-0.39, 0.29) is 17.2 Å². The molecule has 1 heterocycles. The smallest absolute Gasteiger partial charge is 0.355 e. The second-order valence-corrected chi connectivity index (χ2v) is 7.80. The van der Waals surface area contributed by atoms with Crippen LogP contribution >= 0.6 is 0 Å². The predicted molar refractivity (Wildman–Crippen MR) is 97.6 cm³/mol. The average Bonchev–Trinajstić information content (AvgIpc) is 2.83. The van der Waals surface area contributed by atoms with E-state index in [0.29, 0.717) is 22.9 Å². The van der Waals surface area contributed by atoms with Gasteiger partial charge in [-0.05, 0) is 44.4 Å². The van der Waals surface area contributed by atoms with Gasteiger partial charge in [-0.15, -0.1) is 0 Å². The summed E-state index contributed by atoms with van der Waals surface area (Å²) in [6, 6.07) is 7.25. The molecule has 0 amide bonds. The summed E-state index contributed by atoms with van der Waals surface area (Å²) in [4.78, 5) is 14.8. The van der Waals surface area contributed by atoms with Gasteiger partial charge in [0.2, 0.25) is 0 Å². The Morgan fingerprint density at radius 3 is 2.32 bits per heavy atom. The van der Waals surface area contributed by atoms with Crippen molar-refractivity contribution in [1.29, 1.82) is 0 Å². The lowest BCUT2D eigenvalue weighted by Crippen LogP contribution is -2.15. The van der Waals surface area contributed by atoms with Crippen molar-refractivity contribution >= 4 is 21.7 Å². The van der Waals surface area contributed by atoms with Crippen molar-refractivity contribution in [2.45, 2.75) is 45.4 Å². The summed E-state index contributed by atoms with van der Waals surface area (Å²) in [5, 5.41) is 0. The molecule has 6 nitrogen and oxygen atoms in total. The standard InChI is InChI=1S/C18H24N2O4S/c1-6-24-18(21)16-12(4)17(13(5)19-16)25(22,23)20-15-9-7-14(8-10-15)11(2)3/h7-11,19-20H,6H2,1-5H3. The molecule has 136 valence electrons. The van der Waals surface area contributed by atoms with Crippen molar-refractivity contribution in [3.8, 4) is 0 Å². The topological polar surface area (TPSA) is 88.3 Å². The van der Waals surface area contributed by atoms with Crippen molar-refractivity contribution in [2.24, 2.45) is 0 Å². The molecule has 2 N–H and O–H groups in total. The van der Waals surface area contributed by atoms with Crippen molar-refractivity contribution in [3.63, 3.8) is 0 Å². The fourth-order valence-electron chi connectivity index (χ4n) is 2.69. The largest absolute Gasteiger partial charge is 0.461 e. The number of hydrogen-bond donors (Lipinski definition) is 2.